The van der Waals surface area contributed by atoms with Gasteiger partial charge in [-0.15, -0.1) is 0 Å². The molecule has 0 saturated carbocycles. The van der Waals surface area contributed by atoms with Crippen LogP contribution < -0.4 is 16.0 Å². The van der Waals surface area contributed by atoms with Crippen LogP contribution in [0.3, 0.4) is 0 Å². The molecule has 0 radical (unpaired) electrons. The molecule has 1 aromatic carbocycles. The van der Waals surface area contributed by atoms with Crippen molar-refractivity contribution < 1.29 is 9.59 Å². The van der Waals surface area contributed by atoms with Crippen molar-refractivity contribution in [2.24, 2.45) is 0 Å². The molecule has 3 N–H and O–H groups in total. The van der Waals surface area contributed by atoms with Crippen molar-refractivity contribution >= 4 is 17.6 Å². The molecule has 0 unspecified atom stereocenters. The van der Waals surface area contributed by atoms with Crippen molar-refractivity contribution in [3.63, 3.8) is 0 Å². The topological polar surface area (TPSA) is 70.2 Å². The third-order valence-corrected chi connectivity index (χ3v) is 2.49. The summed E-state index contributed by atoms with van der Waals surface area (Å²) in [7, 11) is 0. The molecule has 0 atom stereocenters. The first-order valence-corrected chi connectivity index (χ1v) is 6.60. The van der Waals surface area contributed by atoms with Gasteiger partial charge in [-0.3, -0.25) is 4.79 Å². The van der Waals surface area contributed by atoms with E-state index >= 15 is 0 Å². The lowest BCUT2D eigenvalue weighted by Gasteiger charge is -2.08. The van der Waals surface area contributed by atoms with E-state index in [9.17, 15) is 9.59 Å². The average molecular weight is 275 g/mol. The highest BCUT2D eigenvalue weighted by molar-refractivity contribution is 5.95. The van der Waals surface area contributed by atoms with Gasteiger partial charge >= 0.3 is 6.03 Å². The zero-order valence-corrected chi connectivity index (χ0v) is 12.0. The molecule has 0 aliphatic heterocycles. The van der Waals surface area contributed by atoms with E-state index in [0.29, 0.717) is 24.3 Å². The third-order valence-electron chi connectivity index (χ3n) is 2.49. The maximum atomic E-state index is 11.7. The average Bonchev–Trinajstić information content (AvgIpc) is 2.43. The largest absolute Gasteiger partial charge is 0.352 e. The van der Waals surface area contributed by atoms with Crippen LogP contribution in [0, 0.1) is 0 Å². The molecule has 0 saturated heterocycles. The Kier molecular flexibility index (Phi) is 6.29. The maximum absolute atomic E-state index is 11.7. The van der Waals surface area contributed by atoms with Crippen LogP contribution in [0.15, 0.2) is 36.4 Å². The van der Waals surface area contributed by atoms with Crippen LogP contribution in [0.25, 0.3) is 0 Å². The fourth-order valence-corrected chi connectivity index (χ4v) is 1.45. The lowest BCUT2D eigenvalue weighted by molar-refractivity contribution is 0.0953. The van der Waals surface area contributed by atoms with Crippen molar-refractivity contribution in [1.29, 1.82) is 0 Å². The highest BCUT2D eigenvalue weighted by Gasteiger charge is 2.05. The van der Waals surface area contributed by atoms with Crippen LogP contribution in [-0.4, -0.2) is 25.0 Å². The van der Waals surface area contributed by atoms with Gasteiger partial charge in [0.1, 0.15) is 0 Å². The highest BCUT2D eigenvalue weighted by Crippen LogP contribution is 2.09. The smallest absolute Gasteiger partial charge is 0.319 e. The molecule has 1 aromatic rings. The van der Waals surface area contributed by atoms with Gasteiger partial charge in [-0.05, 0) is 37.6 Å². The first-order valence-electron chi connectivity index (χ1n) is 6.60. The van der Waals surface area contributed by atoms with E-state index in [1.807, 2.05) is 13.8 Å². The number of nitrogens with one attached hydrogen (secondary N) is 3. The Labute approximate surface area is 119 Å². The second-order valence-electron chi connectivity index (χ2n) is 4.60. The van der Waals surface area contributed by atoms with Crippen molar-refractivity contribution in [2.45, 2.75) is 20.3 Å². The normalized spacial score (nSPS) is 9.70. The molecule has 0 aliphatic carbocycles. The molecular formula is C15H21N3O2. The van der Waals surface area contributed by atoms with Crippen LogP contribution in [0.1, 0.15) is 30.6 Å². The van der Waals surface area contributed by atoms with E-state index < -0.39 is 0 Å². The number of benzene rings is 1. The van der Waals surface area contributed by atoms with Crippen molar-refractivity contribution in [3.8, 4) is 0 Å². The standard InChI is InChI=1S/C15H21N3O2/c1-4-9-16-14(19)12-5-7-13(8-6-12)18-15(20)17-10-11(2)3/h5-8H,2,4,9-10H2,1,3H3,(H,16,19)(H2,17,18,20). The summed E-state index contributed by atoms with van der Waals surface area (Å²) in [6, 6.07) is 6.46. The Hall–Kier alpha value is -2.30. The van der Waals surface area contributed by atoms with E-state index in [4.69, 9.17) is 0 Å². The third kappa shape index (κ3) is 5.56. The molecule has 1 rings (SSSR count). The fourth-order valence-electron chi connectivity index (χ4n) is 1.45. The zero-order valence-electron chi connectivity index (χ0n) is 12.0. The number of rotatable bonds is 6. The number of amides is 3. The predicted octanol–water partition coefficient (Wildman–Crippen LogP) is 2.52. The van der Waals surface area contributed by atoms with Crippen molar-refractivity contribution in [1.82, 2.24) is 10.6 Å². The van der Waals surface area contributed by atoms with Gasteiger partial charge < -0.3 is 16.0 Å². The first kappa shape index (κ1) is 15.8. The summed E-state index contributed by atoms with van der Waals surface area (Å²) in [6.07, 6.45) is 0.897. The summed E-state index contributed by atoms with van der Waals surface area (Å²) >= 11 is 0. The number of urea groups is 1. The van der Waals surface area contributed by atoms with Gasteiger partial charge in [-0.2, -0.15) is 0 Å². The molecule has 3 amide bonds. The van der Waals surface area contributed by atoms with Gasteiger partial charge in [0.25, 0.3) is 5.91 Å². The van der Waals surface area contributed by atoms with Gasteiger partial charge in [0.05, 0.1) is 0 Å². The predicted molar refractivity (Wildman–Crippen MR) is 80.9 cm³/mol. The Balaban J connectivity index is 2.51. The minimum atomic E-state index is -0.295. The Morgan fingerprint density at radius 1 is 1.15 bits per heavy atom. The number of hydrogen-bond acceptors (Lipinski definition) is 2. The van der Waals surface area contributed by atoms with E-state index in [2.05, 4.69) is 22.5 Å². The van der Waals surface area contributed by atoms with E-state index in [0.717, 1.165) is 12.0 Å². The Bertz CT molecular complexity index is 480. The van der Waals surface area contributed by atoms with Gasteiger partial charge in [-0.1, -0.05) is 19.1 Å². The summed E-state index contributed by atoms with van der Waals surface area (Å²) in [5.41, 5.74) is 2.09. The molecule has 0 aliphatic rings. The van der Waals surface area contributed by atoms with E-state index in [-0.39, 0.29) is 11.9 Å². The van der Waals surface area contributed by atoms with Crippen LogP contribution in [-0.2, 0) is 0 Å². The molecule has 0 bridgehead atoms. The monoisotopic (exact) mass is 275 g/mol. The van der Waals surface area contributed by atoms with Gasteiger partial charge in [-0.25, -0.2) is 4.79 Å². The zero-order chi connectivity index (χ0) is 15.0. The molecule has 0 heterocycles. The first-order chi connectivity index (χ1) is 9.52. The lowest BCUT2D eigenvalue weighted by atomic mass is 10.2. The summed E-state index contributed by atoms with van der Waals surface area (Å²) in [5, 5.41) is 8.14. The summed E-state index contributed by atoms with van der Waals surface area (Å²) in [4.78, 5) is 23.2. The van der Waals surface area contributed by atoms with Gasteiger partial charge in [0, 0.05) is 24.3 Å². The number of carbonyl (C=O) groups excluding carboxylic acids is 2. The van der Waals surface area contributed by atoms with E-state index in [1.54, 1.807) is 24.3 Å². The molecule has 0 spiro atoms. The summed E-state index contributed by atoms with van der Waals surface area (Å²) in [6.45, 7) is 8.63. The molecule has 108 valence electrons. The Morgan fingerprint density at radius 2 is 1.80 bits per heavy atom. The number of hydrogen-bond donors (Lipinski definition) is 3. The van der Waals surface area contributed by atoms with E-state index in [1.165, 1.54) is 0 Å². The minimum absolute atomic E-state index is 0.106. The lowest BCUT2D eigenvalue weighted by Crippen LogP contribution is -2.29. The van der Waals surface area contributed by atoms with Gasteiger partial charge in [0.2, 0.25) is 0 Å². The second kappa shape index (κ2) is 7.99. The quantitative estimate of drug-likeness (QED) is 0.698. The second-order valence-corrected chi connectivity index (χ2v) is 4.60. The van der Waals surface area contributed by atoms with Crippen LogP contribution >= 0.6 is 0 Å². The Morgan fingerprint density at radius 3 is 2.35 bits per heavy atom. The van der Waals surface area contributed by atoms with Crippen LogP contribution in [0.2, 0.25) is 0 Å². The minimum Gasteiger partial charge on any atom is -0.352 e. The molecule has 0 aromatic heterocycles. The summed E-state index contributed by atoms with van der Waals surface area (Å²) in [5.74, 6) is -0.106. The number of carbonyl (C=O) groups is 2. The van der Waals surface area contributed by atoms with Crippen LogP contribution in [0.5, 0.6) is 0 Å². The van der Waals surface area contributed by atoms with Crippen molar-refractivity contribution in [2.75, 3.05) is 18.4 Å². The number of anilines is 1. The molecule has 5 nitrogen and oxygen atoms in total. The highest BCUT2D eigenvalue weighted by atomic mass is 16.2. The SMILES string of the molecule is C=C(C)CNC(=O)Nc1ccc(C(=O)NCCC)cc1. The summed E-state index contributed by atoms with van der Waals surface area (Å²) < 4.78 is 0. The van der Waals surface area contributed by atoms with Crippen molar-refractivity contribution in [3.05, 3.63) is 42.0 Å². The molecule has 20 heavy (non-hydrogen) atoms. The molecule has 0 fully saturated rings. The van der Waals surface area contributed by atoms with Gasteiger partial charge in [0.15, 0.2) is 0 Å². The maximum Gasteiger partial charge on any atom is 0.319 e. The van der Waals surface area contributed by atoms with Crippen LogP contribution in [0.4, 0.5) is 10.5 Å². The fraction of sp³-hybridized carbons (Fsp3) is 0.333. The molecule has 5 heteroatoms. The molecular weight excluding hydrogens is 254 g/mol.